The van der Waals surface area contributed by atoms with Gasteiger partial charge in [-0.15, -0.1) is 0 Å². The van der Waals surface area contributed by atoms with Gasteiger partial charge in [-0.3, -0.25) is 0 Å². The van der Waals surface area contributed by atoms with Crippen molar-refractivity contribution in [1.82, 2.24) is 10.2 Å². The second-order valence-electron chi connectivity index (χ2n) is 6.48. The molecule has 1 saturated heterocycles. The van der Waals surface area contributed by atoms with Crippen LogP contribution in [0.5, 0.6) is 5.75 Å². The Morgan fingerprint density at radius 2 is 2.25 bits per heavy atom. The first-order chi connectivity index (χ1) is 9.60. The minimum Gasteiger partial charge on any atom is -0.497 e. The van der Waals surface area contributed by atoms with Crippen LogP contribution in [-0.4, -0.2) is 44.2 Å². The van der Waals surface area contributed by atoms with Crippen LogP contribution < -0.4 is 10.1 Å². The maximum absolute atomic E-state index is 5.45. The average Bonchev–Trinajstić information content (AvgIpc) is 2.46. The van der Waals surface area contributed by atoms with Gasteiger partial charge in [-0.2, -0.15) is 0 Å². The molecule has 1 aromatic rings. The Bertz CT molecular complexity index is 502. The fourth-order valence-electron chi connectivity index (χ4n) is 4.18. The first-order valence-corrected chi connectivity index (χ1v) is 7.71. The van der Waals surface area contributed by atoms with Gasteiger partial charge in [-0.05, 0) is 56.2 Å². The second kappa shape index (κ2) is 5.05. The van der Waals surface area contributed by atoms with Gasteiger partial charge in [-0.25, -0.2) is 0 Å². The summed E-state index contributed by atoms with van der Waals surface area (Å²) < 4.78 is 5.45. The summed E-state index contributed by atoms with van der Waals surface area (Å²) in [5.41, 5.74) is 3.21. The zero-order valence-electron chi connectivity index (χ0n) is 13.1. The van der Waals surface area contributed by atoms with E-state index < -0.39 is 0 Å². The highest BCUT2D eigenvalue weighted by molar-refractivity contribution is 5.45. The highest BCUT2D eigenvalue weighted by Crippen LogP contribution is 2.45. The van der Waals surface area contributed by atoms with Crippen LogP contribution in [0.4, 0.5) is 0 Å². The maximum atomic E-state index is 5.45. The normalized spacial score (nSPS) is 32.8. The van der Waals surface area contributed by atoms with Gasteiger partial charge in [0.2, 0.25) is 0 Å². The maximum Gasteiger partial charge on any atom is 0.119 e. The van der Waals surface area contributed by atoms with Crippen molar-refractivity contribution in [3.8, 4) is 5.75 Å². The molecule has 3 heteroatoms. The number of ether oxygens (including phenoxy) is 1. The van der Waals surface area contributed by atoms with Crippen molar-refractivity contribution in [2.75, 3.05) is 27.2 Å². The lowest BCUT2D eigenvalue weighted by Crippen LogP contribution is -2.66. The molecule has 1 heterocycles. The quantitative estimate of drug-likeness (QED) is 0.914. The van der Waals surface area contributed by atoms with Crippen molar-refractivity contribution in [3.63, 3.8) is 0 Å². The molecule has 110 valence electrons. The fourth-order valence-corrected chi connectivity index (χ4v) is 4.18. The molecule has 1 aliphatic heterocycles. The molecule has 3 atom stereocenters. The van der Waals surface area contributed by atoms with Gasteiger partial charge < -0.3 is 15.0 Å². The van der Waals surface area contributed by atoms with Crippen molar-refractivity contribution < 1.29 is 4.74 Å². The van der Waals surface area contributed by atoms with Crippen molar-refractivity contribution in [2.45, 2.75) is 44.2 Å². The average molecular weight is 274 g/mol. The highest BCUT2D eigenvalue weighted by Gasteiger charge is 2.49. The molecule has 0 aromatic heterocycles. The lowest BCUT2D eigenvalue weighted by Gasteiger charge is -2.55. The molecule has 0 saturated carbocycles. The topological polar surface area (TPSA) is 24.5 Å². The smallest absolute Gasteiger partial charge is 0.119 e. The summed E-state index contributed by atoms with van der Waals surface area (Å²) in [6, 6.07) is 7.77. The predicted octanol–water partition coefficient (Wildman–Crippen LogP) is 2.19. The predicted molar refractivity (Wildman–Crippen MR) is 82.5 cm³/mol. The minimum atomic E-state index is 0.218. The van der Waals surface area contributed by atoms with E-state index in [0.717, 1.165) is 18.7 Å². The van der Waals surface area contributed by atoms with Crippen LogP contribution in [0.25, 0.3) is 0 Å². The lowest BCUT2D eigenvalue weighted by atomic mass is 9.61. The molecule has 1 unspecified atom stereocenters. The number of fused-ring (bicyclic) bond motifs is 4. The van der Waals surface area contributed by atoms with Gasteiger partial charge in [-0.1, -0.05) is 19.9 Å². The molecule has 20 heavy (non-hydrogen) atoms. The number of hydrogen-bond donors (Lipinski definition) is 1. The first-order valence-electron chi connectivity index (χ1n) is 7.71. The summed E-state index contributed by atoms with van der Waals surface area (Å²) in [5.74, 6) is 0.984. The van der Waals surface area contributed by atoms with Gasteiger partial charge in [0.05, 0.1) is 7.11 Å². The number of likely N-dealkylation sites (N-methyl/N-ethyl adjacent to an activating group) is 2. The zero-order chi connectivity index (χ0) is 14.3. The molecule has 0 spiro atoms. The molecule has 0 amide bonds. The number of nitrogens with one attached hydrogen (secondary N) is 1. The first kappa shape index (κ1) is 13.9. The molecule has 3 nitrogen and oxygen atoms in total. The SMILES string of the molecule is CCNC1[C@H]2Cc3ccc(OC)cc3[C@@]1(C)CCN2C. The molecule has 2 aliphatic rings. The van der Waals surface area contributed by atoms with Gasteiger partial charge in [0.15, 0.2) is 0 Å². The number of nitrogens with zero attached hydrogens (tertiary/aromatic N) is 1. The largest absolute Gasteiger partial charge is 0.497 e. The molecular formula is C17H26N2O. The third-order valence-corrected chi connectivity index (χ3v) is 5.41. The summed E-state index contributed by atoms with van der Waals surface area (Å²) in [5, 5.41) is 3.75. The Hall–Kier alpha value is -1.06. The van der Waals surface area contributed by atoms with Gasteiger partial charge >= 0.3 is 0 Å². The summed E-state index contributed by atoms with van der Waals surface area (Å²) in [4.78, 5) is 2.53. The van der Waals surface area contributed by atoms with Crippen LogP contribution in [0.2, 0.25) is 0 Å². The fraction of sp³-hybridized carbons (Fsp3) is 0.647. The standard InChI is InChI=1S/C17H26N2O/c1-5-18-16-15-10-12-6-7-13(20-4)11-14(12)17(16,2)8-9-19(15)3/h6-7,11,15-16,18H,5,8-10H2,1-4H3/t15-,16?,17-/m1/s1. The Balaban J connectivity index is 2.09. The molecule has 1 N–H and O–H groups in total. The van der Waals surface area contributed by atoms with Crippen LogP contribution in [0, 0.1) is 0 Å². The van der Waals surface area contributed by atoms with Crippen molar-refractivity contribution >= 4 is 0 Å². The van der Waals surface area contributed by atoms with Gasteiger partial charge in [0, 0.05) is 17.5 Å². The minimum absolute atomic E-state index is 0.218. The Kier molecular flexibility index (Phi) is 3.51. The van der Waals surface area contributed by atoms with Crippen LogP contribution in [0.15, 0.2) is 18.2 Å². The summed E-state index contributed by atoms with van der Waals surface area (Å²) in [7, 11) is 4.02. The van der Waals surface area contributed by atoms with Gasteiger partial charge in [0.1, 0.15) is 5.75 Å². The van der Waals surface area contributed by atoms with Crippen molar-refractivity contribution in [1.29, 1.82) is 0 Å². The second-order valence-corrected chi connectivity index (χ2v) is 6.48. The van der Waals surface area contributed by atoms with E-state index in [9.17, 15) is 0 Å². The monoisotopic (exact) mass is 274 g/mol. The van der Waals surface area contributed by atoms with E-state index in [2.05, 4.69) is 49.3 Å². The van der Waals surface area contributed by atoms with Crippen LogP contribution in [0.3, 0.4) is 0 Å². The van der Waals surface area contributed by atoms with Crippen molar-refractivity contribution in [2.24, 2.45) is 0 Å². The third kappa shape index (κ3) is 1.95. The molecule has 3 rings (SSSR count). The number of rotatable bonds is 3. The van der Waals surface area contributed by atoms with E-state index in [-0.39, 0.29) is 5.41 Å². The Labute approximate surface area is 122 Å². The molecule has 1 fully saturated rings. The molecule has 2 bridgehead atoms. The van der Waals surface area contributed by atoms with E-state index in [4.69, 9.17) is 4.74 Å². The van der Waals surface area contributed by atoms with Crippen molar-refractivity contribution in [3.05, 3.63) is 29.3 Å². The highest BCUT2D eigenvalue weighted by atomic mass is 16.5. The molecule has 1 aliphatic carbocycles. The van der Waals surface area contributed by atoms with Crippen LogP contribution >= 0.6 is 0 Å². The number of benzene rings is 1. The summed E-state index contributed by atoms with van der Waals surface area (Å²) in [6.07, 6.45) is 2.35. The lowest BCUT2D eigenvalue weighted by molar-refractivity contribution is 0.0669. The van der Waals surface area contributed by atoms with Gasteiger partial charge in [0.25, 0.3) is 0 Å². The van der Waals surface area contributed by atoms with Crippen LogP contribution in [-0.2, 0) is 11.8 Å². The molecular weight excluding hydrogens is 248 g/mol. The Morgan fingerprint density at radius 3 is 2.95 bits per heavy atom. The van der Waals surface area contributed by atoms with Crippen LogP contribution in [0.1, 0.15) is 31.4 Å². The number of piperidine rings is 1. The van der Waals surface area contributed by atoms with E-state index in [1.165, 1.54) is 24.1 Å². The molecule has 0 radical (unpaired) electrons. The van der Waals surface area contributed by atoms with E-state index in [1.54, 1.807) is 7.11 Å². The number of methoxy groups -OCH3 is 1. The summed E-state index contributed by atoms with van der Waals surface area (Å²) in [6.45, 7) is 6.85. The Morgan fingerprint density at radius 1 is 1.45 bits per heavy atom. The van der Waals surface area contributed by atoms with E-state index in [1.807, 2.05) is 0 Å². The number of likely N-dealkylation sites (tertiary alicyclic amines) is 1. The zero-order valence-corrected chi connectivity index (χ0v) is 13.1. The summed E-state index contributed by atoms with van der Waals surface area (Å²) >= 11 is 0. The third-order valence-electron chi connectivity index (χ3n) is 5.41. The van der Waals surface area contributed by atoms with E-state index in [0.29, 0.717) is 12.1 Å². The number of hydrogen-bond acceptors (Lipinski definition) is 3. The molecule has 1 aromatic carbocycles. The van der Waals surface area contributed by atoms with E-state index >= 15 is 0 Å².